The first-order chi connectivity index (χ1) is 16.3. The van der Waals surface area contributed by atoms with Crippen LogP contribution in [0.5, 0.6) is 0 Å². The normalized spacial score (nSPS) is 26.8. The average molecular weight is 455 g/mol. The van der Waals surface area contributed by atoms with Crippen molar-refractivity contribution in [3.8, 4) is 17.3 Å². The van der Waals surface area contributed by atoms with Crippen molar-refractivity contribution in [2.24, 2.45) is 11.8 Å². The van der Waals surface area contributed by atoms with Gasteiger partial charge in [-0.1, -0.05) is 50.3 Å². The van der Waals surface area contributed by atoms with Crippen LogP contribution in [-0.4, -0.2) is 39.6 Å². The Morgan fingerprint density at radius 2 is 1.85 bits per heavy atom. The Hall–Kier alpha value is -3.33. The number of hydrogen-bond acceptors (Lipinski definition) is 5. The molecule has 0 saturated carbocycles. The number of allylic oxidation sites excluding steroid dienone is 2. The first-order valence-electron chi connectivity index (χ1n) is 12.2. The van der Waals surface area contributed by atoms with Crippen molar-refractivity contribution in [2.45, 2.75) is 57.8 Å². The number of likely N-dealkylation sites (tertiary alicyclic amines) is 1. The number of aromatic nitrogens is 2. The van der Waals surface area contributed by atoms with Gasteiger partial charge in [0.05, 0.1) is 17.0 Å². The molecule has 2 aliphatic carbocycles. The van der Waals surface area contributed by atoms with E-state index in [-0.39, 0.29) is 35.0 Å². The largest absolute Gasteiger partial charge is 0.343 e. The SMILES string of the molecule is CC(=O)N1CCC(c2nc(-c3ccccc3)c3c(n2)[C@]2(C)C=C(C#N)C(=O)[C@H](C)[C@H]2CC3)CC1. The monoisotopic (exact) mass is 454 g/mol. The molecule has 1 aromatic heterocycles. The molecule has 3 aliphatic rings. The summed E-state index contributed by atoms with van der Waals surface area (Å²) >= 11 is 0. The van der Waals surface area contributed by atoms with E-state index in [9.17, 15) is 14.9 Å². The maximum absolute atomic E-state index is 12.8. The lowest BCUT2D eigenvalue weighted by atomic mass is 9.57. The van der Waals surface area contributed by atoms with E-state index in [2.05, 4.69) is 25.1 Å². The van der Waals surface area contributed by atoms with Crippen molar-refractivity contribution >= 4 is 11.7 Å². The number of rotatable bonds is 2. The summed E-state index contributed by atoms with van der Waals surface area (Å²) in [7, 11) is 0. The number of carbonyl (C=O) groups is 2. The van der Waals surface area contributed by atoms with Crippen molar-refractivity contribution in [1.82, 2.24) is 14.9 Å². The maximum atomic E-state index is 12.8. The van der Waals surface area contributed by atoms with Gasteiger partial charge in [-0.25, -0.2) is 9.97 Å². The minimum absolute atomic E-state index is 0.0532. The van der Waals surface area contributed by atoms with Crippen LogP contribution in [0.2, 0.25) is 0 Å². The molecule has 1 saturated heterocycles. The summed E-state index contributed by atoms with van der Waals surface area (Å²) in [6.45, 7) is 7.14. The van der Waals surface area contributed by atoms with E-state index < -0.39 is 5.41 Å². The molecule has 2 aromatic rings. The summed E-state index contributed by atoms with van der Waals surface area (Å²) < 4.78 is 0. The van der Waals surface area contributed by atoms with Gasteiger partial charge < -0.3 is 4.90 Å². The van der Waals surface area contributed by atoms with Crippen molar-refractivity contribution in [1.29, 1.82) is 5.26 Å². The smallest absolute Gasteiger partial charge is 0.219 e. The number of carbonyl (C=O) groups excluding carboxylic acids is 2. The topological polar surface area (TPSA) is 86.9 Å². The van der Waals surface area contributed by atoms with Gasteiger partial charge in [-0.2, -0.15) is 5.26 Å². The standard InChI is InChI=1S/C28H30N4O2/c1-17-23-10-9-22-24(19-7-5-4-6-8-19)30-27(20-11-13-32(14-12-20)18(2)33)31-26(22)28(23,3)15-21(16-29)25(17)34/h4-8,15,17,20,23H,9-14H2,1-3H3/t17-,23-,28-/m1/s1. The van der Waals surface area contributed by atoms with Crippen molar-refractivity contribution in [3.63, 3.8) is 0 Å². The lowest BCUT2D eigenvalue weighted by Crippen LogP contribution is -2.46. The molecule has 0 radical (unpaired) electrons. The number of nitriles is 1. The van der Waals surface area contributed by atoms with Gasteiger partial charge in [-0.3, -0.25) is 9.59 Å². The third-order valence-electron chi connectivity index (χ3n) is 8.21. The Morgan fingerprint density at radius 3 is 2.50 bits per heavy atom. The van der Waals surface area contributed by atoms with Gasteiger partial charge in [0.2, 0.25) is 5.91 Å². The molecule has 1 aliphatic heterocycles. The Labute approximate surface area is 200 Å². The van der Waals surface area contributed by atoms with Crippen LogP contribution in [-0.2, 0) is 21.4 Å². The Balaban J connectivity index is 1.67. The van der Waals surface area contributed by atoms with Crippen LogP contribution in [0.15, 0.2) is 42.0 Å². The number of benzene rings is 1. The first-order valence-corrected chi connectivity index (χ1v) is 12.2. The molecule has 6 heteroatoms. The van der Waals surface area contributed by atoms with Gasteiger partial charge in [0.25, 0.3) is 0 Å². The molecule has 5 rings (SSSR count). The number of Topliss-reactive ketones (excluding diaryl/α,β-unsaturated/α-hetero) is 1. The fourth-order valence-corrected chi connectivity index (χ4v) is 6.26. The molecule has 0 spiro atoms. The Kier molecular flexibility index (Phi) is 5.59. The molecule has 1 aromatic carbocycles. The Bertz CT molecular complexity index is 1220. The third kappa shape index (κ3) is 3.55. The second kappa shape index (κ2) is 8.47. The van der Waals surface area contributed by atoms with Crippen molar-refractivity contribution in [3.05, 3.63) is 59.1 Å². The molecule has 3 atom stereocenters. The van der Waals surface area contributed by atoms with E-state index in [0.717, 1.165) is 54.0 Å². The van der Waals surface area contributed by atoms with E-state index in [1.807, 2.05) is 36.1 Å². The zero-order valence-electron chi connectivity index (χ0n) is 20.0. The van der Waals surface area contributed by atoms with Crippen LogP contribution in [0.25, 0.3) is 11.3 Å². The van der Waals surface area contributed by atoms with E-state index in [0.29, 0.717) is 13.1 Å². The summed E-state index contributed by atoms with van der Waals surface area (Å²) in [5, 5.41) is 9.69. The van der Waals surface area contributed by atoms with E-state index in [1.165, 1.54) is 0 Å². The molecule has 1 fully saturated rings. The highest BCUT2D eigenvalue weighted by molar-refractivity contribution is 6.02. The van der Waals surface area contributed by atoms with Gasteiger partial charge in [0.15, 0.2) is 5.78 Å². The second-order valence-electron chi connectivity index (χ2n) is 10.2. The maximum Gasteiger partial charge on any atom is 0.219 e. The number of ketones is 1. The van der Waals surface area contributed by atoms with E-state index in [1.54, 1.807) is 6.92 Å². The van der Waals surface area contributed by atoms with Gasteiger partial charge >= 0.3 is 0 Å². The molecule has 6 nitrogen and oxygen atoms in total. The summed E-state index contributed by atoms with van der Waals surface area (Å²) in [6, 6.07) is 12.4. The predicted octanol–water partition coefficient (Wildman–Crippen LogP) is 4.36. The lowest BCUT2D eigenvalue weighted by Gasteiger charge is -2.46. The molecular weight excluding hydrogens is 424 g/mol. The highest BCUT2D eigenvalue weighted by Gasteiger charge is 2.49. The first kappa shape index (κ1) is 22.5. The van der Waals surface area contributed by atoms with Gasteiger partial charge in [-0.05, 0) is 31.6 Å². The second-order valence-corrected chi connectivity index (χ2v) is 10.2. The molecular formula is C28H30N4O2. The van der Waals surface area contributed by atoms with Gasteiger partial charge in [0.1, 0.15) is 11.9 Å². The Morgan fingerprint density at radius 1 is 1.15 bits per heavy atom. The molecule has 1 amide bonds. The molecule has 174 valence electrons. The zero-order valence-corrected chi connectivity index (χ0v) is 20.0. The lowest BCUT2D eigenvalue weighted by molar-refractivity contribution is -0.129. The molecule has 34 heavy (non-hydrogen) atoms. The third-order valence-corrected chi connectivity index (χ3v) is 8.21. The van der Waals surface area contributed by atoms with Gasteiger partial charge in [-0.15, -0.1) is 0 Å². The molecule has 0 N–H and O–H groups in total. The number of amides is 1. The number of piperidine rings is 1. The highest BCUT2D eigenvalue weighted by Crippen LogP contribution is 2.50. The van der Waals surface area contributed by atoms with Crippen LogP contribution in [0, 0.1) is 23.2 Å². The van der Waals surface area contributed by atoms with Crippen LogP contribution < -0.4 is 0 Å². The number of hydrogen-bond donors (Lipinski definition) is 0. The van der Waals surface area contributed by atoms with Crippen LogP contribution in [0.1, 0.15) is 63.0 Å². The molecule has 0 bridgehead atoms. The van der Waals surface area contributed by atoms with E-state index in [4.69, 9.17) is 9.97 Å². The fraction of sp³-hybridized carbons (Fsp3) is 0.464. The summed E-state index contributed by atoms with van der Waals surface area (Å²) in [4.78, 5) is 36.8. The van der Waals surface area contributed by atoms with Gasteiger partial charge in [0, 0.05) is 48.4 Å². The van der Waals surface area contributed by atoms with Crippen LogP contribution in [0.3, 0.4) is 0 Å². The minimum atomic E-state index is -0.493. The highest BCUT2D eigenvalue weighted by atomic mass is 16.2. The number of nitrogens with zero attached hydrogens (tertiary/aromatic N) is 4. The van der Waals surface area contributed by atoms with Crippen molar-refractivity contribution in [2.75, 3.05) is 13.1 Å². The minimum Gasteiger partial charge on any atom is -0.343 e. The van der Waals surface area contributed by atoms with Crippen molar-refractivity contribution < 1.29 is 9.59 Å². The average Bonchev–Trinajstić information content (AvgIpc) is 2.86. The quantitative estimate of drug-likeness (QED) is 0.673. The summed E-state index contributed by atoms with van der Waals surface area (Å²) in [5.74, 6) is 0.946. The summed E-state index contributed by atoms with van der Waals surface area (Å²) in [6.07, 6.45) is 5.23. The molecule has 2 heterocycles. The predicted molar refractivity (Wildman–Crippen MR) is 129 cm³/mol. The van der Waals surface area contributed by atoms with Crippen LogP contribution >= 0.6 is 0 Å². The summed E-state index contributed by atoms with van der Waals surface area (Å²) in [5.41, 5.74) is 3.88. The molecule has 0 unspecified atom stereocenters. The van der Waals surface area contributed by atoms with Crippen LogP contribution in [0.4, 0.5) is 0 Å². The fourth-order valence-electron chi connectivity index (χ4n) is 6.26. The van der Waals surface area contributed by atoms with E-state index >= 15 is 0 Å². The number of fused-ring (bicyclic) bond motifs is 3. The zero-order chi connectivity index (χ0) is 24.0.